The molecule has 8 heteroatoms. The van der Waals surface area contributed by atoms with E-state index in [-0.39, 0.29) is 19.1 Å². The zero-order valence-electron chi connectivity index (χ0n) is 12.5. The van der Waals surface area contributed by atoms with Crippen LogP contribution in [0.5, 0.6) is 0 Å². The number of ether oxygens (including phenoxy) is 2. The van der Waals surface area contributed by atoms with Gasteiger partial charge in [0.2, 0.25) is 0 Å². The summed E-state index contributed by atoms with van der Waals surface area (Å²) in [6, 6.07) is -0.857. The molecule has 1 saturated heterocycles. The number of esters is 1. The summed E-state index contributed by atoms with van der Waals surface area (Å²) in [7, 11) is 0. The molecular weight excluding hydrogens is 286 g/mol. The highest BCUT2D eigenvalue weighted by Crippen LogP contribution is 2.30. The average Bonchev–Trinajstić information content (AvgIpc) is 2.36. The number of alkyl halides is 2. The van der Waals surface area contributed by atoms with Gasteiger partial charge in [-0.2, -0.15) is 0 Å². The lowest BCUT2D eigenvalue weighted by molar-refractivity contribution is -0.191. The standard InChI is InChI=1S/C13H22F2N2O4/c1-8(2)21-10-4-5-17(7-13(10,14)15)11(18)6-20-12(19)9(3)16/h8-10H,4-7,16H2,1-3H3/t9-,10+/m1/s1. The van der Waals surface area contributed by atoms with Crippen molar-refractivity contribution in [2.24, 2.45) is 5.73 Å². The fraction of sp³-hybridized carbons (Fsp3) is 0.846. The van der Waals surface area contributed by atoms with Crippen molar-refractivity contribution >= 4 is 11.9 Å². The molecule has 1 rings (SSSR count). The van der Waals surface area contributed by atoms with E-state index in [2.05, 4.69) is 4.74 Å². The number of hydrogen-bond acceptors (Lipinski definition) is 5. The summed E-state index contributed by atoms with van der Waals surface area (Å²) in [5.41, 5.74) is 5.27. The van der Waals surface area contributed by atoms with Gasteiger partial charge in [-0.25, -0.2) is 8.78 Å². The average molecular weight is 308 g/mol. The Bertz CT molecular complexity index is 388. The molecule has 0 aromatic carbocycles. The third-order valence-electron chi connectivity index (χ3n) is 3.03. The predicted molar refractivity (Wildman–Crippen MR) is 70.8 cm³/mol. The van der Waals surface area contributed by atoms with Crippen LogP contribution >= 0.6 is 0 Å². The van der Waals surface area contributed by atoms with Gasteiger partial charge in [-0.05, 0) is 27.2 Å². The first kappa shape index (κ1) is 17.8. The number of nitrogens with zero attached hydrogens (tertiary/aromatic N) is 1. The Labute approximate surface area is 122 Å². The van der Waals surface area contributed by atoms with Gasteiger partial charge < -0.3 is 20.1 Å². The van der Waals surface area contributed by atoms with Gasteiger partial charge in [0.05, 0.1) is 12.6 Å². The number of rotatable bonds is 5. The monoisotopic (exact) mass is 308 g/mol. The summed E-state index contributed by atoms with van der Waals surface area (Å²) >= 11 is 0. The molecule has 2 atom stereocenters. The molecule has 1 aliphatic rings. The van der Waals surface area contributed by atoms with Gasteiger partial charge in [0.15, 0.2) is 6.61 Å². The maximum atomic E-state index is 13.9. The van der Waals surface area contributed by atoms with E-state index < -0.39 is 43.1 Å². The number of carbonyl (C=O) groups excluding carboxylic acids is 2. The molecule has 122 valence electrons. The summed E-state index contributed by atoms with van der Waals surface area (Å²) < 4.78 is 37.7. The summed E-state index contributed by atoms with van der Waals surface area (Å²) in [6.07, 6.45) is -1.47. The van der Waals surface area contributed by atoms with Crippen LogP contribution in [-0.2, 0) is 19.1 Å². The molecule has 0 aromatic heterocycles. The molecule has 1 aliphatic heterocycles. The number of amides is 1. The molecule has 1 fully saturated rings. The molecule has 6 nitrogen and oxygen atoms in total. The van der Waals surface area contributed by atoms with E-state index >= 15 is 0 Å². The van der Waals surface area contributed by atoms with E-state index in [0.29, 0.717) is 0 Å². The molecule has 0 spiro atoms. The van der Waals surface area contributed by atoms with Crippen molar-refractivity contribution in [2.45, 2.75) is 51.4 Å². The van der Waals surface area contributed by atoms with Crippen molar-refractivity contribution in [1.82, 2.24) is 4.90 Å². The number of nitrogens with two attached hydrogens (primary N) is 1. The highest BCUT2D eigenvalue weighted by molar-refractivity contribution is 5.82. The maximum Gasteiger partial charge on any atom is 0.323 e. The largest absolute Gasteiger partial charge is 0.454 e. The second kappa shape index (κ2) is 7.13. The molecule has 0 radical (unpaired) electrons. The van der Waals surface area contributed by atoms with Crippen LogP contribution in [0.2, 0.25) is 0 Å². The van der Waals surface area contributed by atoms with E-state index in [0.717, 1.165) is 4.90 Å². The van der Waals surface area contributed by atoms with E-state index in [4.69, 9.17) is 10.5 Å². The quantitative estimate of drug-likeness (QED) is 0.750. The summed E-state index contributed by atoms with van der Waals surface area (Å²) in [5.74, 6) is -4.52. The number of carbonyl (C=O) groups is 2. The molecule has 21 heavy (non-hydrogen) atoms. The summed E-state index contributed by atoms with van der Waals surface area (Å²) in [4.78, 5) is 23.9. The molecule has 1 amide bonds. The molecule has 0 bridgehead atoms. The van der Waals surface area contributed by atoms with Gasteiger partial charge >= 0.3 is 5.97 Å². The Morgan fingerprint density at radius 1 is 1.38 bits per heavy atom. The third-order valence-corrected chi connectivity index (χ3v) is 3.03. The fourth-order valence-corrected chi connectivity index (χ4v) is 1.98. The van der Waals surface area contributed by atoms with Gasteiger partial charge in [0.25, 0.3) is 11.8 Å². The van der Waals surface area contributed by atoms with Gasteiger partial charge in [-0.1, -0.05) is 0 Å². The Balaban J connectivity index is 2.52. The number of piperidine rings is 1. The number of likely N-dealkylation sites (tertiary alicyclic amines) is 1. The lowest BCUT2D eigenvalue weighted by atomic mass is 10.0. The van der Waals surface area contributed by atoms with Crippen LogP contribution in [0.3, 0.4) is 0 Å². The van der Waals surface area contributed by atoms with Gasteiger partial charge in [0.1, 0.15) is 12.1 Å². The van der Waals surface area contributed by atoms with Gasteiger partial charge in [-0.15, -0.1) is 0 Å². The van der Waals surface area contributed by atoms with Crippen LogP contribution in [-0.4, -0.2) is 60.6 Å². The minimum Gasteiger partial charge on any atom is -0.454 e. The van der Waals surface area contributed by atoms with Crippen LogP contribution in [0.15, 0.2) is 0 Å². The van der Waals surface area contributed by atoms with Gasteiger partial charge in [-0.3, -0.25) is 9.59 Å². The van der Waals surface area contributed by atoms with E-state index in [1.54, 1.807) is 13.8 Å². The van der Waals surface area contributed by atoms with Crippen molar-refractivity contribution < 1.29 is 27.8 Å². The van der Waals surface area contributed by atoms with Gasteiger partial charge in [0, 0.05) is 6.54 Å². The zero-order valence-corrected chi connectivity index (χ0v) is 12.5. The highest BCUT2D eigenvalue weighted by Gasteiger charge is 2.47. The Kier molecular flexibility index (Phi) is 6.03. The predicted octanol–water partition coefficient (Wildman–Crippen LogP) is 0.538. The van der Waals surface area contributed by atoms with Crippen LogP contribution in [0.25, 0.3) is 0 Å². The van der Waals surface area contributed by atoms with Crippen molar-refractivity contribution in [1.29, 1.82) is 0 Å². The first-order valence-corrected chi connectivity index (χ1v) is 6.86. The van der Waals surface area contributed by atoms with Crippen molar-refractivity contribution in [3.8, 4) is 0 Å². The number of halogens is 2. The lowest BCUT2D eigenvalue weighted by Gasteiger charge is -2.38. The van der Waals surface area contributed by atoms with E-state index in [1.165, 1.54) is 6.92 Å². The van der Waals surface area contributed by atoms with Crippen LogP contribution in [0.1, 0.15) is 27.2 Å². The van der Waals surface area contributed by atoms with Crippen molar-refractivity contribution in [2.75, 3.05) is 19.7 Å². The van der Waals surface area contributed by atoms with Crippen molar-refractivity contribution in [3.63, 3.8) is 0 Å². The van der Waals surface area contributed by atoms with Crippen LogP contribution in [0, 0.1) is 0 Å². The van der Waals surface area contributed by atoms with Crippen LogP contribution in [0.4, 0.5) is 8.78 Å². The SMILES string of the molecule is CC(C)O[C@H]1CCN(C(=O)COC(=O)[C@@H](C)N)CC1(F)F. The van der Waals surface area contributed by atoms with Crippen molar-refractivity contribution in [3.05, 3.63) is 0 Å². The Morgan fingerprint density at radius 2 is 2.00 bits per heavy atom. The highest BCUT2D eigenvalue weighted by atomic mass is 19.3. The smallest absolute Gasteiger partial charge is 0.323 e. The normalized spacial score (nSPS) is 23.0. The topological polar surface area (TPSA) is 81.9 Å². The Morgan fingerprint density at radius 3 is 2.48 bits per heavy atom. The molecule has 0 unspecified atom stereocenters. The zero-order chi connectivity index (χ0) is 16.2. The number of hydrogen-bond donors (Lipinski definition) is 1. The molecule has 0 saturated carbocycles. The lowest BCUT2D eigenvalue weighted by Crippen LogP contribution is -2.55. The first-order chi connectivity index (χ1) is 9.63. The Hall–Kier alpha value is -1.28. The molecule has 0 aromatic rings. The first-order valence-electron chi connectivity index (χ1n) is 6.86. The maximum absolute atomic E-state index is 13.9. The third kappa shape index (κ3) is 5.20. The second-order valence-electron chi connectivity index (χ2n) is 5.43. The fourth-order valence-electron chi connectivity index (χ4n) is 1.98. The molecule has 2 N–H and O–H groups in total. The molecule has 0 aliphatic carbocycles. The van der Waals surface area contributed by atoms with Crippen LogP contribution < -0.4 is 5.73 Å². The minimum atomic E-state index is -3.12. The minimum absolute atomic E-state index is 0.0398. The van der Waals surface area contributed by atoms with E-state index in [9.17, 15) is 18.4 Å². The molecular formula is C13H22F2N2O4. The second-order valence-corrected chi connectivity index (χ2v) is 5.43. The van der Waals surface area contributed by atoms with E-state index in [1.807, 2.05) is 0 Å². The summed E-state index contributed by atoms with van der Waals surface area (Å²) in [5, 5.41) is 0. The summed E-state index contributed by atoms with van der Waals surface area (Å²) in [6.45, 7) is 3.60. The molecule has 1 heterocycles.